The molecule has 0 aromatic heterocycles. The number of nitrogens with zero attached hydrogens (tertiary/aromatic N) is 3. The number of benzene rings is 1. The van der Waals surface area contributed by atoms with E-state index in [1.54, 1.807) is 0 Å². The Morgan fingerprint density at radius 2 is 1.75 bits per heavy atom. The zero-order chi connectivity index (χ0) is 21.5. The number of aliphatic imine (C=N–C) groups is 1. The standard InChI is InChI=1S/C24H36N4O3.HI/c1-2-25-24(28-14-16-31-22(18-28)21-7-6-15-30-21)26-17-19-8-10-20(11-9-19)23(29)27-12-4-3-5-13-27;/h8-11,21-22H,2-7,12-18H2,1H3,(H,25,26);1H. The quantitative estimate of drug-likeness (QED) is 0.343. The minimum Gasteiger partial charge on any atom is -0.375 e. The highest BCUT2D eigenvalue weighted by Crippen LogP contribution is 2.21. The van der Waals surface area contributed by atoms with Gasteiger partial charge in [0.1, 0.15) is 6.10 Å². The molecule has 7 nitrogen and oxygen atoms in total. The Morgan fingerprint density at radius 1 is 1.00 bits per heavy atom. The molecule has 3 aliphatic heterocycles. The molecule has 0 radical (unpaired) electrons. The third-order valence-corrected chi connectivity index (χ3v) is 6.36. The maximum Gasteiger partial charge on any atom is 0.253 e. The molecule has 178 valence electrons. The van der Waals surface area contributed by atoms with Crippen LogP contribution in [0.25, 0.3) is 0 Å². The van der Waals surface area contributed by atoms with Gasteiger partial charge in [-0.1, -0.05) is 12.1 Å². The van der Waals surface area contributed by atoms with Crippen molar-refractivity contribution >= 4 is 35.8 Å². The summed E-state index contributed by atoms with van der Waals surface area (Å²) in [5, 5.41) is 3.43. The van der Waals surface area contributed by atoms with Gasteiger partial charge in [0, 0.05) is 44.9 Å². The molecule has 4 rings (SSSR count). The lowest BCUT2D eigenvalue weighted by Crippen LogP contribution is -2.53. The van der Waals surface area contributed by atoms with Crippen LogP contribution in [0.15, 0.2) is 29.3 Å². The molecule has 1 amide bonds. The molecule has 0 saturated carbocycles. The maximum atomic E-state index is 12.7. The molecule has 32 heavy (non-hydrogen) atoms. The van der Waals surface area contributed by atoms with E-state index in [0.717, 1.165) is 82.1 Å². The number of carbonyl (C=O) groups excluding carboxylic acids is 1. The first-order valence-corrected chi connectivity index (χ1v) is 11.9. The van der Waals surface area contributed by atoms with Crippen LogP contribution >= 0.6 is 24.0 Å². The van der Waals surface area contributed by atoms with Crippen LogP contribution in [0.3, 0.4) is 0 Å². The van der Waals surface area contributed by atoms with Gasteiger partial charge in [0.25, 0.3) is 5.91 Å². The molecule has 2 atom stereocenters. The zero-order valence-electron chi connectivity index (χ0n) is 19.1. The van der Waals surface area contributed by atoms with Crippen LogP contribution in [0, 0.1) is 0 Å². The smallest absolute Gasteiger partial charge is 0.253 e. The number of morpholine rings is 1. The van der Waals surface area contributed by atoms with Gasteiger partial charge in [-0.3, -0.25) is 4.79 Å². The van der Waals surface area contributed by atoms with Gasteiger partial charge in [0.15, 0.2) is 5.96 Å². The average Bonchev–Trinajstić information content (AvgIpc) is 3.37. The zero-order valence-corrected chi connectivity index (χ0v) is 21.5. The van der Waals surface area contributed by atoms with Crippen molar-refractivity contribution in [3.63, 3.8) is 0 Å². The molecular formula is C24H37IN4O3. The Bertz CT molecular complexity index is 746. The van der Waals surface area contributed by atoms with Crippen molar-refractivity contribution in [3.8, 4) is 0 Å². The predicted octanol–water partition coefficient (Wildman–Crippen LogP) is 3.28. The number of guanidine groups is 1. The van der Waals surface area contributed by atoms with Crippen LogP contribution < -0.4 is 5.32 Å². The van der Waals surface area contributed by atoms with E-state index in [2.05, 4.69) is 17.1 Å². The summed E-state index contributed by atoms with van der Waals surface area (Å²) in [6.07, 6.45) is 5.97. The first kappa shape index (κ1) is 25.2. The Kier molecular flexibility index (Phi) is 10.1. The number of piperidine rings is 1. The predicted molar refractivity (Wildman–Crippen MR) is 137 cm³/mol. The number of amides is 1. The summed E-state index contributed by atoms with van der Waals surface area (Å²) >= 11 is 0. The molecule has 2 unspecified atom stereocenters. The number of hydrogen-bond donors (Lipinski definition) is 1. The minimum absolute atomic E-state index is 0. The number of ether oxygens (including phenoxy) is 2. The Morgan fingerprint density at radius 3 is 2.44 bits per heavy atom. The van der Waals surface area contributed by atoms with Crippen LogP contribution in [-0.2, 0) is 16.0 Å². The van der Waals surface area contributed by atoms with Crippen molar-refractivity contribution in [1.29, 1.82) is 0 Å². The van der Waals surface area contributed by atoms with Gasteiger partial charge in [-0.25, -0.2) is 4.99 Å². The molecule has 3 heterocycles. The fourth-order valence-corrected chi connectivity index (χ4v) is 4.61. The second-order valence-electron chi connectivity index (χ2n) is 8.63. The fourth-order valence-electron chi connectivity index (χ4n) is 4.61. The number of hydrogen-bond acceptors (Lipinski definition) is 4. The lowest BCUT2D eigenvalue weighted by molar-refractivity contribution is -0.0817. The summed E-state index contributed by atoms with van der Waals surface area (Å²) in [7, 11) is 0. The largest absolute Gasteiger partial charge is 0.375 e. The molecule has 3 saturated heterocycles. The summed E-state index contributed by atoms with van der Waals surface area (Å²) in [6, 6.07) is 7.94. The normalized spacial score (nSPS) is 24.2. The van der Waals surface area contributed by atoms with Gasteiger partial charge in [-0.05, 0) is 56.7 Å². The van der Waals surface area contributed by atoms with E-state index in [-0.39, 0.29) is 42.1 Å². The first-order valence-electron chi connectivity index (χ1n) is 11.9. The Labute approximate surface area is 208 Å². The summed E-state index contributed by atoms with van der Waals surface area (Å²) in [4.78, 5) is 21.8. The third-order valence-electron chi connectivity index (χ3n) is 6.36. The Balaban J connectivity index is 0.00000289. The van der Waals surface area contributed by atoms with Gasteiger partial charge in [0.05, 0.1) is 19.3 Å². The second-order valence-corrected chi connectivity index (χ2v) is 8.63. The van der Waals surface area contributed by atoms with E-state index in [1.807, 2.05) is 29.2 Å². The highest BCUT2D eigenvalue weighted by atomic mass is 127. The van der Waals surface area contributed by atoms with Gasteiger partial charge in [-0.15, -0.1) is 24.0 Å². The SMILES string of the molecule is CCNC(=NCc1ccc(C(=O)N2CCCCC2)cc1)N1CCOC(C2CCCO2)C1.I. The highest BCUT2D eigenvalue weighted by Gasteiger charge is 2.32. The third kappa shape index (κ3) is 6.57. The van der Waals surface area contributed by atoms with Gasteiger partial charge in [-0.2, -0.15) is 0 Å². The van der Waals surface area contributed by atoms with Crippen molar-refractivity contribution in [3.05, 3.63) is 35.4 Å². The van der Waals surface area contributed by atoms with E-state index >= 15 is 0 Å². The molecular weight excluding hydrogens is 519 g/mol. The summed E-state index contributed by atoms with van der Waals surface area (Å²) in [5.74, 6) is 1.07. The van der Waals surface area contributed by atoms with E-state index in [9.17, 15) is 4.79 Å². The number of halogens is 1. The van der Waals surface area contributed by atoms with Crippen molar-refractivity contribution in [2.45, 2.75) is 57.8 Å². The Hall–Kier alpha value is -1.39. The van der Waals surface area contributed by atoms with Gasteiger partial charge < -0.3 is 24.6 Å². The molecule has 0 spiro atoms. The van der Waals surface area contributed by atoms with Crippen molar-refractivity contribution in [1.82, 2.24) is 15.1 Å². The van der Waals surface area contributed by atoms with Gasteiger partial charge >= 0.3 is 0 Å². The van der Waals surface area contributed by atoms with Crippen LogP contribution in [0.1, 0.15) is 54.9 Å². The molecule has 3 aliphatic rings. The lowest BCUT2D eigenvalue weighted by Gasteiger charge is -2.37. The van der Waals surface area contributed by atoms with E-state index < -0.39 is 0 Å². The van der Waals surface area contributed by atoms with Crippen LogP contribution in [0.5, 0.6) is 0 Å². The average molecular weight is 556 g/mol. The van der Waals surface area contributed by atoms with E-state index in [1.165, 1.54) is 6.42 Å². The molecule has 1 N–H and O–H groups in total. The van der Waals surface area contributed by atoms with E-state index in [0.29, 0.717) is 13.2 Å². The summed E-state index contributed by atoms with van der Waals surface area (Å²) in [5.41, 5.74) is 1.88. The topological polar surface area (TPSA) is 66.4 Å². The van der Waals surface area contributed by atoms with Gasteiger partial charge in [0.2, 0.25) is 0 Å². The molecule has 1 aromatic carbocycles. The van der Waals surface area contributed by atoms with Crippen molar-refractivity contribution in [2.75, 3.05) is 45.9 Å². The molecule has 0 aliphatic carbocycles. The van der Waals surface area contributed by atoms with Crippen LogP contribution in [-0.4, -0.2) is 79.8 Å². The monoisotopic (exact) mass is 556 g/mol. The van der Waals surface area contributed by atoms with Crippen molar-refractivity contribution < 1.29 is 14.3 Å². The minimum atomic E-state index is 0. The maximum absolute atomic E-state index is 12.7. The number of likely N-dealkylation sites (tertiary alicyclic amines) is 1. The second kappa shape index (κ2) is 12.7. The van der Waals surface area contributed by atoms with Crippen LogP contribution in [0.2, 0.25) is 0 Å². The fraction of sp³-hybridized carbons (Fsp3) is 0.667. The summed E-state index contributed by atoms with van der Waals surface area (Å²) in [6.45, 7) is 8.43. The number of nitrogens with one attached hydrogen (secondary N) is 1. The van der Waals surface area contributed by atoms with E-state index in [4.69, 9.17) is 14.5 Å². The molecule has 8 heteroatoms. The number of carbonyl (C=O) groups is 1. The molecule has 3 fully saturated rings. The first-order chi connectivity index (χ1) is 15.2. The highest BCUT2D eigenvalue weighted by molar-refractivity contribution is 14.0. The molecule has 1 aromatic rings. The van der Waals surface area contributed by atoms with Crippen molar-refractivity contribution in [2.24, 2.45) is 4.99 Å². The van der Waals surface area contributed by atoms with Crippen LogP contribution in [0.4, 0.5) is 0 Å². The molecule has 0 bridgehead atoms. The number of rotatable bonds is 5. The summed E-state index contributed by atoms with van der Waals surface area (Å²) < 4.78 is 11.8. The lowest BCUT2D eigenvalue weighted by atomic mass is 10.1.